The lowest BCUT2D eigenvalue weighted by Gasteiger charge is -2.02. The van der Waals surface area contributed by atoms with Gasteiger partial charge in [-0.3, -0.25) is 14.7 Å². The normalized spacial score (nSPS) is 10.6. The lowest BCUT2D eigenvalue weighted by molar-refractivity contribution is 0.0894. The Labute approximate surface area is 108 Å². The smallest absolute Gasteiger partial charge is 0.273 e. The molecule has 5 nitrogen and oxygen atoms in total. The van der Waals surface area contributed by atoms with Crippen molar-refractivity contribution in [3.05, 3.63) is 57.0 Å². The summed E-state index contributed by atoms with van der Waals surface area (Å²) >= 11 is 5.83. The van der Waals surface area contributed by atoms with Crippen molar-refractivity contribution >= 4 is 17.5 Å². The van der Waals surface area contributed by atoms with Crippen LogP contribution in [0, 0.1) is 0 Å². The molecule has 2 aromatic rings. The van der Waals surface area contributed by atoms with Crippen LogP contribution >= 0.6 is 11.6 Å². The van der Waals surface area contributed by atoms with Crippen molar-refractivity contribution in [2.45, 2.75) is 13.0 Å². The first-order valence-electron chi connectivity index (χ1n) is 5.39. The van der Waals surface area contributed by atoms with Gasteiger partial charge in [-0.2, -0.15) is 4.68 Å². The van der Waals surface area contributed by atoms with Crippen LogP contribution in [0.5, 0.6) is 0 Å². The monoisotopic (exact) mass is 265 g/mol. The SMILES string of the molecule is NCc1cc(=O)n(C(=O)Cc2cccc(Cl)c2)[nH]1. The molecule has 0 unspecified atom stereocenters. The van der Waals surface area contributed by atoms with Crippen LogP contribution in [0.4, 0.5) is 0 Å². The highest BCUT2D eigenvalue weighted by Crippen LogP contribution is 2.11. The summed E-state index contributed by atoms with van der Waals surface area (Å²) in [5.74, 6) is -0.345. The quantitative estimate of drug-likeness (QED) is 0.874. The van der Waals surface area contributed by atoms with E-state index in [2.05, 4.69) is 5.10 Å². The Bertz CT molecular complexity index is 630. The Kier molecular flexibility index (Phi) is 3.64. The zero-order valence-corrected chi connectivity index (χ0v) is 10.3. The van der Waals surface area contributed by atoms with Crippen LogP contribution in [0.15, 0.2) is 35.1 Å². The number of nitrogens with two attached hydrogens (primary N) is 1. The van der Waals surface area contributed by atoms with E-state index in [9.17, 15) is 9.59 Å². The van der Waals surface area contributed by atoms with E-state index >= 15 is 0 Å². The molecule has 0 amide bonds. The van der Waals surface area contributed by atoms with E-state index in [0.29, 0.717) is 10.7 Å². The number of aromatic amines is 1. The molecule has 0 aliphatic heterocycles. The fourth-order valence-electron chi connectivity index (χ4n) is 1.64. The number of hydrogen-bond acceptors (Lipinski definition) is 3. The second-order valence-corrected chi connectivity index (χ2v) is 4.30. The number of nitrogens with zero attached hydrogens (tertiary/aromatic N) is 1. The molecule has 94 valence electrons. The molecule has 0 atom stereocenters. The van der Waals surface area contributed by atoms with Crippen LogP contribution in [0.1, 0.15) is 16.1 Å². The molecule has 2 rings (SSSR count). The fraction of sp³-hybridized carbons (Fsp3) is 0.167. The molecule has 0 saturated carbocycles. The Hall–Kier alpha value is -1.85. The summed E-state index contributed by atoms with van der Waals surface area (Å²) < 4.78 is 0.961. The standard InChI is InChI=1S/C12H12ClN3O2/c13-9-3-1-2-8(4-9)5-11(17)16-12(18)6-10(7-14)15-16/h1-4,6,15H,5,7,14H2. The van der Waals surface area contributed by atoms with E-state index in [1.807, 2.05) is 0 Å². The second-order valence-electron chi connectivity index (χ2n) is 3.86. The van der Waals surface area contributed by atoms with Gasteiger partial charge in [0.2, 0.25) is 0 Å². The molecule has 0 radical (unpaired) electrons. The van der Waals surface area contributed by atoms with Gasteiger partial charge in [-0.05, 0) is 17.7 Å². The number of H-pyrrole nitrogens is 1. The second kappa shape index (κ2) is 5.20. The summed E-state index contributed by atoms with van der Waals surface area (Å²) in [6.45, 7) is 0.187. The van der Waals surface area contributed by atoms with Gasteiger partial charge in [-0.1, -0.05) is 23.7 Å². The molecule has 0 fully saturated rings. The van der Waals surface area contributed by atoms with Gasteiger partial charge in [0.15, 0.2) is 0 Å². The maximum absolute atomic E-state index is 11.9. The van der Waals surface area contributed by atoms with Crippen LogP contribution in [0.3, 0.4) is 0 Å². The summed E-state index contributed by atoms with van der Waals surface area (Å²) in [5.41, 5.74) is 6.27. The van der Waals surface area contributed by atoms with Crippen molar-refractivity contribution in [3.63, 3.8) is 0 Å². The zero-order valence-electron chi connectivity index (χ0n) is 9.52. The third-order valence-corrected chi connectivity index (χ3v) is 2.72. The molecule has 0 saturated heterocycles. The number of rotatable bonds is 3. The third kappa shape index (κ3) is 2.69. The van der Waals surface area contributed by atoms with E-state index in [0.717, 1.165) is 10.2 Å². The summed E-state index contributed by atoms with van der Waals surface area (Å²) in [6.07, 6.45) is 0.102. The largest absolute Gasteiger partial charge is 0.325 e. The van der Waals surface area contributed by atoms with Crippen LogP contribution in [0.2, 0.25) is 5.02 Å². The van der Waals surface area contributed by atoms with Gasteiger partial charge in [-0.25, -0.2) is 0 Å². The topological polar surface area (TPSA) is 80.9 Å². The first-order chi connectivity index (χ1) is 8.60. The number of carbonyl (C=O) groups excluding carboxylic acids is 1. The van der Waals surface area contributed by atoms with E-state index in [1.54, 1.807) is 24.3 Å². The maximum atomic E-state index is 11.9. The molecular weight excluding hydrogens is 254 g/mol. The van der Waals surface area contributed by atoms with Crippen LogP contribution < -0.4 is 11.3 Å². The van der Waals surface area contributed by atoms with Crippen molar-refractivity contribution in [1.29, 1.82) is 0 Å². The highest BCUT2D eigenvalue weighted by Gasteiger charge is 2.11. The fourth-order valence-corrected chi connectivity index (χ4v) is 1.85. The highest BCUT2D eigenvalue weighted by molar-refractivity contribution is 6.30. The first-order valence-corrected chi connectivity index (χ1v) is 5.76. The highest BCUT2D eigenvalue weighted by atomic mass is 35.5. The predicted molar refractivity (Wildman–Crippen MR) is 68.7 cm³/mol. The number of carbonyl (C=O) groups is 1. The van der Waals surface area contributed by atoms with Crippen molar-refractivity contribution in [2.24, 2.45) is 5.73 Å². The molecule has 18 heavy (non-hydrogen) atoms. The molecule has 1 aromatic heterocycles. The van der Waals surface area contributed by atoms with Gasteiger partial charge < -0.3 is 5.73 Å². The molecule has 1 aromatic carbocycles. The first kappa shape index (κ1) is 12.6. The van der Waals surface area contributed by atoms with Crippen LogP contribution in [0.25, 0.3) is 0 Å². The van der Waals surface area contributed by atoms with Gasteiger partial charge in [0.1, 0.15) is 0 Å². The summed E-state index contributed by atoms with van der Waals surface area (Å²) in [4.78, 5) is 23.5. The molecule has 0 spiro atoms. The van der Waals surface area contributed by atoms with Crippen molar-refractivity contribution < 1.29 is 4.79 Å². The van der Waals surface area contributed by atoms with Crippen molar-refractivity contribution in [3.8, 4) is 0 Å². The maximum Gasteiger partial charge on any atom is 0.273 e. The van der Waals surface area contributed by atoms with Crippen molar-refractivity contribution in [1.82, 2.24) is 9.78 Å². The van der Waals surface area contributed by atoms with Crippen molar-refractivity contribution in [2.75, 3.05) is 0 Å². The van der Waals surface area contributed by atoms with Crippen LogP contribution in [-0.4, -0.2) is 15.7 Å². The Balaban J connectivity index is 2.22. The lowest BCUT2D eigenvalue weighted by atomic mass is 10.1. The van der Waals surface area contributed by atoms with E-state index in [1.165, 1.54) is 6.07 Å². The summed E-state index contributed by atoms with van der Waals surface area (Å²) in [6, 6.07) is 8.27. The Morgan fingerprint density at radius 1 is 1.39 bits per heavy atom. The van der Waals surface area contributed by atoms with Crippen LogP contribution in [-0.2, 0) is 13.0 Å². The molecule has 0 bridgehead atoms. The minimum atomic E-state index is -0.400. The van der Waals surface area contributed by atoms with E-state index in [-0.39, 0.29) is 18.9 Å². The number of aromatic nitrogens is 2. The zero-order chi connectivity index (χ0) is 13.1. The molecular formula is C12H12ClN3O2. The number of hydrogen-bond donors (Lipinski definition) is 2. The molecule has 3 N–H and O–H groups in total. The minimum absolute atomic E-state index is 0.102. The number of nitrogens with one attached hydrogen (secondary N) is 1. The van der Waals surface area contributed by atoms with E-state index in [4.69, 9.17) is 17.3 Å². The molecule has 0 aliphatic carbocycles. The Morgan fingerprint density at radius 3 is 2.78 bits per heavy atom. The summed E-state index contributed by atoms with van der Waals surface area (Å²) in [7, 11) is 0. The Morgan fingerprint density at radius 2 is 2.17 bits per heavy atom. The van der Waals surface area contributed by atoms with Gasteiger partial charge >= 0.3 is 0 Å². The number of halogens is 1. The molecule has 6 heteroatoms. The predicted octanol–water partition coefficient (Wildman–Crippen LogP) is 1.17. The lowest BCUT2D eigenvalue weighted by Crippen LogP contribution is -2.25. The van der Waals surface area contributed by atoms with Gasteiger partial charge in [-0.15, -0.1) is 0 Å². The van der Waals surface area contributed by atoms with Gasteiger partial charge in [0.05, 0.1) is 12.1 Å². The average molecular weight is 266 g/mol. The number of benzene rings is 1. The summed E-state index contributed by atoms with van der Waals surface area (Å²) in [5, 5.41) is 3.22. The molecule has 1 heterocycles. The van der Waals surface area contributed by atoms with Gasteiger partial charge in [0, 0.05) is 17.6 Å². The minimum Gasteiger partial charge on any atom is -0.325 e. The van der Waals surface area contributed by atoms with Gasteiger partial charge in [0.25, 0.3) is 11.5 Å². The molecule has 0 aliphatic rings. The third-order valence-electron chi connectivity index (χ3n) is 2.49. The van der Waals surface area contributed by atoms with E-state index < -0.39 is 5.56 Å². The average Bonchev–Trinajstić information content (AvgIpc) is 2.70.